The highest BCUT2D eigenvalue weighted by Crippen LogP contribution is 2.21. The number of nitrogens with zero attached hydrogens (tertiary/aromatic N) is 1. The Morgan fingerprint density at radius 1 is 1.13 bits per heavy atom. The Hall–Kier alpha value is -2.68. The van der Waals surface area contributed by atoms with Crippen molar-refractivity contribution in [2.24, 2.45) is 0 Å². The average Bonchev–Trinajstić information content (AvgIpc) is 2.55. The van der Waals surface area contributed by atoms with Gasteiger partial charge in [-0.25, -0.2) is 0 Å². The molecule has 0 saturated heterocycles. The molecule has 3 aromatic rings. The average molecular weight is 304 g/mol. The number of anilines is 1. The fraction of sp³-hybridized carbons (Fsp3) is 0.200. The maximum absolute atomic E-state index is 12.3. The first-order valence-corrected chi connectivity index (χ1v) is 7.83. The highest BCUT2D eigenvalue weighted by atomic mass is 16.1. The van der Waals surface area contributed by atoms with Gasteiger partial charge in [0.1, 0.15) is 0 Å². The number of aryl methyl sites for hydroxylation is 1. The van der Waals surface area contributed by atoms with Crippen LogP contribution >= 0.6 is 0 Å². The molecule has 1 heterocycles. The minimum Gasteiger partial charge on any atom is -0.325 e. The monoisotopic (exact) mass is 304 g/mol. The van der Waals surface area contributed by atoms with E-state index in [2.05, 4.69) is 35.4 Å². The van der Waals surface area contributed by atoms with E-state index in [-0.39, 0.29) is 11.8 Å². The summed E-state index contributed by atoms with van der Waals surface area (Å²) in [7, 11) is 0. The summed E-state index contributed by atoms with van der Waals surface area (Å²) in [4.78, 5) is 16.7. The number of hydrogen-bond donors (Lipinski definition) is 1. The number of amides is 1. The molecule has 1 unspecified atom stereocenters. The van der Waals surface area contributed by atoms with Crippen LogP contribution in [0.5, 0.6) is 0 Å². The second-order valence-corrected chi connectivity index (χ2v) is 5.98. The van der Waals surface area contributed by atoms with E-state index < -0.39 is 0 Å². The number of carbonyl (C=O) groups excluding carboxylic acids is 1. The number of fused-ring (bicyclic) bond motifs is 1. The molecular formula is C20H20N2O. The van der Waals surface area contributed by atoms with E-state index >= 15 is 0 Å². The number of rotatable bonds is 4. The summed E-state index contributed by atoms with van der Waals surface area (Å²) in [6.45, 7) is 4.11. The van der Waals surface area contributed by atoms with Gasteiger partial charge in [0.15, 0.2) is 0 Å². The molecule has 0 aliphatic rings. The quantitative estimate of drug-likeness (QED) is 0.760. The van der Waals surface area contributed by atoms with Crippen molar-refractivity contribution in [1.82, 2.24) is 4.98 Å². The van der Waals surface area contributed by atoms with Crippen molar-refractivity contribution in [2.45, 2.75) is 26.2 Å². The molecule has 0 aliphatic heterocycles. The van der Waals surface area contributed by atoms with E-state index in [0.29, 0.717) is 6.42 Å². The minimum atomic E-state index is 0.00940. The van der Waals surface area contributed by atoms with Gasteiger partial charge in [0.25, 0.3) is 0 Å². The summed E-state index contributed by atoms with van der Waals surface area (Å²) in [6, 6.07) is 18.2. The Labute approximate surface area is 136 Å². The van der Waals surface area contributed by atoms with Gasteiger partial charge in [-0.15, -0.1) is 0 Å². The molecule has 0 aliphatic carbocycles. The zero-order valence-corrected chi connectivity index (χ0v) is 13.4. The van der Waals surface area contributed by atoms with Gasteiger partial charge in [0, 0.05) is 11.8 Å². The molecule has 1 amide bonds. The summed E-state index contributed by atoms with van der Waals surface area (Å²) in [5.74, 6) is 0.196. The van der Waals surface area contributed by atoms with E-state index in [9.17, 15) is 4.79 Å². The standard InChI is InChI=1S/C20H20N2O/c1-14-8-9-19-17(10-14)12-18(13-21-19)22-20(23)11-15(2)16-6-4-3-5-7-16/h3-10,12-13,15H,11H2,1-2H3,(H,22,23). The summed E-state index contributed by atoms with van der Waals surface area (Å²) in [5.41, 5.74) is 4.04. The summed E-state index contributed by atoms with van der Waals surface area (Å²) < 4.78 is 0. The van der Waals surface area contributed by atoms with Crippen LogP contribution in [0.25, 0.3) is 10.9 Å². The van der Waals surface area contributed by atoms with Crippen LogP contribution in [0, 0.1) is 6.92 Å². The maximum atomic E-state index is 12.3. The Kier molecular flexibility index (Phi) is 4.38. The van der Waals surface area contributed by atoms with Gasteiger partial charge < -0.3 is 5.32 Å². The SMILES string of the molecule is Cc1ccc2ncc(NC(=O)CC(C)c3ccccc3)cc2c1. The summed E-state index contributed by atoms with van der Waals surface area (Å²) in [5, 5.41) is 3.99. The summed E-state index contributed by atoms with van der Waals surface area (Å²) in [6.07, 6.45) is 2.17. The van der Waals surface area contributed by atoms with Gasteiger partial charge in [0.05, 0.1) is 17.4 Å². The number of benzene rings is 2. The molecule has 3 heteroatoms. The lowest BCUT2D eigenvalue weighted by atomic mass is 9.97. The predicted octanol–water partition coefficient (Wildman–Crippen LogP) is 4.68. The van der Waals surface area contributed by atoms with E-state index in [1.54, 1.807) is 6.20 Å². The molecule has 3 rings (SSSR count). The van der Waals surface area contributed by atoms with Crippen LogP contribution in [0.2, 0.25) is 0 Å². The van der Waals surface area contributed by atoms with Crippen molar-refractivity contribution in [2.75, 3.05) is 5.32 Å². The van der Waals surface area contributed by atoms with E-state index in [0.717, 1.165) is 16.6 Å². The van der Waals surface area contributed by atoms with Crippen LogP contribution in [0.3, 0.4) is 0 Å². The van der Waals surface area contributed by atoms with Gasteiger partial charge in [-0.2, -0.15) is 0 Å². The molecule has 23 heavy (non-hydrogen) atoms. The van der Waals surface area contributed by atoms with E-state index in [1.165, 1.54) is 11.1 Å². The van der Waals surface area contributed by atoms with Crippen molar-refractivity contribution in [3.63, 3.8) is 0 Å². The maximum Gasteiger partial charge on any atom is 0.225 e. The van der Waals surface area contributed by atoms with Crippen molar-refractivity contribution in [3.8, 4) is 0 Å². The van der Waals surface area contributed by atoms with E-state index in [4.69, 9.17) is 0 Å². The molecule has 1 N–H and O–H groups in total. The van der Waals surface area contributed by atoms with Crippen molar-refractivity contribution in [3.05, 3.63) is 71.9 Å². The van der Waals surface area contributed by atoms with Crippen LogP contribution in [-0.2, 0) is 4.79 Å². The van der Waals surface area contributed by atoms with Crippen LogP contribution < -0.4 is 5.32 Å². The third-order valence-corrected chi connectivity index (χ3v) is 3.98. The molecule has 1 aromatic heterocycles. The van der Waals surface area contributed by atoms with Crippen LogP contribution in [0.4, 0.5) is 5.69 Å². The molecule has 0 fully saturated rings. The fourth-order valence-corrected chi connectivity index (χ4v) is 2.71. The lowest BCUT2D eigenvalue weighted by Gasteiger charge is -2.12. The molecule has 0 bridgehead atoms. The molecular weight excluding hydrogens is 284 g/mol. The van der Waals surface area contributed by atoms with Gasteiger partial charge in [0.2, 0.25) is 5.91 Å². The second-order valence-electron chi connectivity index (χ2n) is 5.98. The number of carbonyl (C=O) groups is 1. The van der Waals surface area contributed by atoms with Gasteiger partial charge in [-0.05, 0) is 36.6 Å². The van der Waals surface area contributed by atoms with Crippen LogP contribution in [-0.4, -0.2) is 10.9 Å². The molecule has 3 nitrogen and oxygen atoms in total. The number of nitrogens with one attached hydrogen (secondary N) is 1. The van der Waals surface area contributed by atoms with E-state index in [1.807, 2.05) is 43.3 Å². The molecule has 0 radical (unpaired) electrons. The van der Waals surface area contributed by atoms with Crippen molar-refractivity contribution >= 4 is 22.5 Å². The Bertz CT molecular complexity index is 827. The van der Waals surface area contributed by atoms with Crippen molar-refractivity contribution < 1.29 is 4.79 Å². The lowest BCUT2D eigenvalue weighted by Crippen LogP contribution is -2.14. The Morgan fingerprint density at radius 3 is 2.70 bits per heavy atom. The molecule has 2 aromatic carbocycles. The molecule has 116 valence electrons. The third-order valence-electron chi connectivity index (χ3n) is 3.98. The van der Waals surface area contributed by atoms with Gasteiger partial charge in [-0.1, -0.05) is 48.9 Å². The smallest absolute Gasteiger partial charge is 0.225 e. The fourth-order valence-electron chi connectivity index (χ4n) is 2.71. The molecule has 0 spiro atoms. The Morgan fingerprint density at radius 2 is 1.91 bits per heavy atom. The van der Waals surface area contributed by atoms with Gasteiger partial charge in [-0.3, -0.25) is 9.78 Å². The van der Waals surface area contributed by atoms with Crippen molar-refractivity contribution in [1.29, 1.82) is 0 Å². The Balaban J connectivity index is 1.70. The zero-order chi connectivity index (χ0) is 16.2. The van der Waals surface area contributed by atoms with Crippen LogP contribution in [0.15, 0.2) is 60.8 Å². The minimum absolute atomic E-state index is 0.00940. The normalized spacial score (nSPS) is 12.1. The first kappa shape index (κ1) is 15.2. The third kappa shape index (κ3) is 3.75. The molecule has 0 saturated carbocycles. The largest absolute Gasteiger partial charge is 0.325 e. The first-order chi connectivity index (χ1) is 11.1. The van der Waals surface area contributed by atoms with Gasteiger partial charge >= 0.3 is 0 Å². The topological polar surface area (TPSA) is 42.0 Å². The summed E-state index contributed by atoms with van der Waals surface area (Å²) >= 11 is 0. The second kappa shape index (κ2) is 6.61. The number of pyridine rings is 1. The number of aromatic nitrogens is 1. The first-order valence-electron chi connectivity index (χ1n) is 7.83. The zero-order valence-electron chi connectivity index (χ0n) is 13.4. The predicted molar refractivity (Wildman–Crippen MR) is 94.6 cm³/mol. The lowest BCUT2D eigenvalue weighted by molar-refractivity contribution is -0.116. The highest BCUT2D eigenvalue weighted by Gasteiger charge is 2.11. The molecule has 1 atom stereocenters. The highest BCUT2D eigenvalue weighted by molar-refractivity contribution is 5.93. The van der Waals surface area contributed by atoms with Crippen LogP contribution in [0.1, 0.15) is 30.4 Å². The number of hydrogen-bond acceptors (Lipinski definition) is 2.